The van der Waals surface area contributed by atoms with Crippen LogP contribution in [0.2, 0.25) is 0 Å². The van der Waals surface area contributed by atoms with Gasteiger partial charge in [0.1, 0.15) is 6.29 Å². The van der Waals surface area contributed by atoms with Crippen molar-refractivity contribution in [2.45, 2.75) is 46.6 Å². The Kier molecular flexibility index (Phi) is 25.7. The first-order chi connectivity index (χ1) is 8.20. The molecule has 3 N–H and O–H groups in total. The van der Waals surface area contributed by atoms with Gasteiger partial charge in [0.25, 0.3) is 0 Å². The van der Waals surface area contributed by atoms with Crippen molar-refractivity contribution >= 4 is 12.3 Å². The third-order valence-corrected chi connectivity index (χ3v) is 1.59. The van der Waals surface area contributed by atoms with E-state index in [-0.39, 0.29) is 12.6 Å². The maximum absolute atomic E-state index is 9.94. The van der Waals surface area contributed by atoms with Crippen LogP contribution in [0.5, 0.6) is 0 Å². The van der Waals surface area contributed by atoms with Crippen molar-refractivity contribution in [1.82, 2.24) is 10.6 Å². The second-order valence-corrected chi connectivity index (χ2v) is 2.76. The Hall–Kier alpha value is -0.940. The minimum absolute atomic E-state index is 0.0417. The molecule has 0 aromatic carbocycles. The van der Waals surface area contributed by atoms with E-state index in [4.69, 9.17) is 5.11 Å². The van der Waals surface area contributed by atoms with Crippen LogP contribution in [0.4, 0.5) is 0 Å². The SMILES string of the molecule is CC.CC.CNCC(=O)O.O=CC1CCCN1. The summed E-state index contributed by atoms with van der Waals surface area (Å²) < 4.78 is 0. The van der Waals surface area contributed by atoms with Gasteiger partial charge in [0.2, 0.25) is 0 Å². The number of hydrogen-bond donors (Lipinski definition) is 3. The first-order valence-electron chi connectivity index (χ1n) is 6.25. The van der Waals surface area contributed by atoms with E-state index in [9.17, 15) is 9.59 Å². The molecule has 0 spiro atoms. The van der Waals surface area contributed by atoms with E-state index < -0.39 is 5.97 Å². The summed E-state index contributed by atoms with van der Waals surface area (Å²) in [5, 5.41) is 13.4. The molecule has 0 aliphatic carbocycles. The maximum atomic E-state index is 9.94. The Morgan fingerprint density at radius 3 is 2.06 bits per heavy atom. The summed E-state index contributed by atoms with van der Waals surface area (Å²) in [6, 6.07) is 0.167. The molecule has 1 rings (SSSR count). The molecule has 17 heavy (non-hydrogen) atoms. The van der Waals surface area contributed by atoms with Crippen LogP contribution in [0.25, 0.3) is 0 Å². The van der Waals surface area contributed by atoms with E-state index in [0.29, 0.717) is 0 Å². The highest BCUT2D eigenvalue weighted by Crippen LogP contribution is 2.00. The lowest BCUT2D eigenvalue weighted by Crippen LogP contribution is -2.21. The fourth-order valence-electron chi connectivity index (χ4n) is 0.979. The van der Waals surface area contributed by atoms with Crippen molar-refractivity contribution in [3.8, 4) is 0 Å². The molecular weight excluding hydrogens is 220 g/mol. The van der Waals surface area contributed by atoms with Crippen LogP contribution in [0.3, 0.4) is 0 Å². The van der Waals surface area contributed by atoms with Crippen molar-refractivity contribution in [2.75, 3.05) is 20.1 Å². The number of nitrogens with one attached hydrogen (secondary N) is 2. The highest BCUT2D eigenvalue weighted by molar-refractivity contribution is 5.68. The first-order valence-corrected chi connectivity index (χ1v) is 6.25. The lowest BCUT2D eigenvalue weighted by atomic mass is 10.2. The summed E-state index contributed by atoms with van der Waals surface area (Å²) >= 11 is 0. The summed E-state index contributed by atoms with van der Waals surface area (Å²) in [6.45, 7) is 9.06. The number of rotatable bonds is 3. The molecule has 1 atom stereocenters. The average Bonchev–Trinajstić information content (AvgIpc) is 2.88. The Labute approximate surface area is 105 Å². The van der Waals surface area contributed by atoms with E-state index in [1.54, 1.807) is 7.05 Å². The number of aldehydes is 1. The van der Waals surface area contributed by atoms with Gasteiger partial charge in [-0.3, -0.25) is 4.79 Å². The van der Waals surface area contributed by atoms with Crippen molar-refractivity contribution in [2.24, 2.45) is 0 Å². The summed E-state index contributed by atoms with van der Waals surface area (Å²) in [6.07, 6.45) is 3.17. The summed E-state index contributed by atoms with van der Waals surface area (Å²) in [5.41, 5.74) is 0. The molecule has 5 heteroatoms. The summed E-state index contributed by atoms with van der Waals surface area (Å²) in [7, 11) is 1.59. The molecular formula is C12H28N2O3. The summed E-state index contributed by atoms with van der Waals surface area (Å²) in [4.78, 5) is 19.5. The van der Waals surface area contributed by atoms with Crippen LogP contribution >= 0.6 is 0 Å². The Balaban J connectivity index is -0.000000180. The largest absolute Gasteiger partial charge is 0.480 e. The van der Waals surface area contributed by atoms with Crippen molar-refractivity contribution in [1.29, 1.82) is 0 Å². The zero-order chi connectivity index (χ0) is 14.1. The van der Waals surface area contributed by atoms with Gasteiger partial charge >= 0.3 is 5.97 Å². The molecule has 0 aromatic heterocycles. The van der Waals surface area contributed by atoms with Gasteiger partial charge in [-0.1, -0.05) is 27.7 Å². The van der Waals surface area contributed by atoms with Gasteiger partial charge in [-0.25, -0.2) is 0 Å². The standard InChI is InChI=1S/C5H9NO.C3H7NO2.2C2H6/c7-4-5-2-1-3-6-5;1-4-2-3(5)6;2*1-2/h4-6H,1-3H2;4H,2H2,1H3,(H,5,6);2*1-2H3. The molecule has 0 aromatic rings. The fourth-order valence-corrected chi connectivity index (χ4v) is 0.979. The topological polar surface area (TPSA) is 78.4 Å². The molecule has 1 aliphatic rings. The van der Waals surface area contributed by atoms with E-state index in [2.05, 4.69) is 10.6 Å². The predicted octanol–water partition coefficient (Wildman–Crippen LogP) is 1.28. The Morgan fingerprint density at radius 1 is 1.41 bits per heavy atom. The van der Waals surface area contributed by atoms with E-state index in [1.807, 2.05) is 27.7 Å². The van der Waals surface area contributed by atoms with Gasteiger partial charge in [-0.05, 0) is 26.4 Å². The van der Waals surface area contributed by atoms with Crippen molar-refractivity contribution < 1.29 is 14.7 Å². The van der Waals surface area contributed by atoms with Crippen LogP contribution in [-0.2, 0) is 9.59 Å². The minimum atomic E-state index is -0.822. The zero-order valence-electron chi connectivity index (χ0n) is 11.7. The Morgan fingerprint density at radius 2 is 1.94 bits per heavy atom. The molecule has 104 valence electrons. The quantitative estimate of drug-likeness (QED) is 0.656. The average molecular weight is 248 g/mol. The van der Waals surface area contributed by atoms with Crippen LogP contribution in [0.1, 0.15) is 40.5 Å². The van der Waals surface area contributed by atoms with Gasteiger partial charge in [-0.15, -0.1) is 0 Å². The van der Waals surface area contributed by atoms with Crippen molar-refractivity contribution in [3.63, 3.8) is 0 Å². The molecule has 0 amide bonds. The summed E-state index contributed by atoms with van der Waals surface area (Å²) in [5.74, 6) is -0.822. The molecule has 0 bridgehead atoms. The van der Waals surface area contributed by atoms with Crippen LogP contribution in [0, 0.1) is 0 Å². The zero-order valence-corrected chi connectivity index (χ0v) is 11.7. The number of aliphatic carboxylic acids is 1. The van der Waals surface area contributed by atoms with Crippen LogP contribution < -0.4 is 10.6 Å². The van der Waals surface area contributed by atoms with Gasteiger partial charge in [0.05, 0.1) is 12.6 Å². The molecule has 1 saturated heterocycles. The number of hydrogen-bond acceptors (Lipinski definition) is 4. The third-order valence-electron chi connectivity index (χ3n) is 1.59. The van der Waals surface area contributed by atoms with E-state index >= 15 is 0 Å². The highest BCUT2D eigenvalue weighted by Gasteiger charge is 2.10. The molecule has 1 heterocycles. The molecule has 0 saturated carbocycles. The fraction of sp³-hybridized carbons (Fsp3) is 0.833. The van der Waals surface area contributed by atoms with Gasteiger partial charge in [0, 0.05) is 0 Å². The maximum Gasteiger partial charge on any atom is 0.317 e. The number of carboxylic acid groups (broad SMARTS) is 1. The molecule has 1 fully saturated rings. The Bertz CT molecular complexity index is 158. The normalized spacial score (nSPS) is 16.2. The number of carbonyl (C=O) groups is 2. The lowest BCUT2D eigenvalue weighted by molar-refractivity contribution is -0.135. The monoisotopic (exact) mass is 248 g/mol. The first kappa shape index (κ1) is 21.4. The van der Waals surface area contributed by atoms with Crippen molar-refractivity contribution in [3.05, 3.63) is 0 Å². The van der Waals surface area contributed by atoms with Gasteiger partial charge in [-0.2, -0.15) is 0 Å². The predicted molar refractivity (Wildman–Crippen MR) is 71.3 cm³/mol. The number of carboxylic acids is 1. The van der Waals surface area contributed by atoms with E-state index in [1.165, 1.54) is 0 Å². The van der Waals surface area contributed by atoms with E-state index in [0.717, 1.165) is 25.7 Å². The molecule has 1 aliphatic heterocycles. The van der Waals surface area contributed by atoms with Crippen LogP contribution in [-0.4, -0.2) is 43.5 Å². The van der Waals surface area contributed by atoms with Gasteiger partial charge < -0.3 is 20.5 Å². The molecule has 5 nitrogen and oxygen atoms in total. The second kappa shape index (κ2) is 20.5. The van der Waals surface area contributed by atoms with Crippen LogP contribution in [0.15, 0.2) is 0 Å². The number of likely N-dealkylation sites (N-methyl/N-ethyl adjacent to an activating group) is 1. The van der Waals surface area contributed by atoms with Gasteiger partial charge in [0.15, 0.2) is 0 Å². The second-order valence-electron chi connectivity index (χ2n) is 2.76. The minimum Gasteiger partial charge on any atom is -0.480 e. The number of carbonyl (C=O) groups excluding carboxylic acids is 1. The lowest BCUT2D eigenvalue weighted by Gasteiger charge is -1.93. The molecule has 1 unspecified atom stereocenters. The highest BCUT2D eigenvalue weighted by atomic mass is 16.4. The smallest absolute Gasteiger partial charge is 0.317 e. The third kappa shape index (κ3) is 21.0. The molecule has 0 radical (unpaired) electrons.